The number of fused-ring (bicyclic) bond motifs is 2. The van der Waals surface area contributed by atoms with Gasteiger partial charge < -0.3 is 76.1 Å². The minimum atomic E-state index is -1.94. The van der Waals surface area contributed by atoms with Crippen molar-refractivity contribution in [2.45, 2.75) is 119 Å². The van der Waals surface area contributed by atoms with Crippen molar-refractivity contribution < 1.29 is 70.6 Å². The second kappa shape index (κ2) is 28.0. The second-order valence-corrected chi connectivity index (χ2v) is 18.8. The fourth-order valence-electron chi connectivity index (χ4n) is 10.3. The number of hydrogen-bond acceptors (Lipinski definition) is 14. The average Bonchev–Trinajstić information content (AvgIpc) is 3.95. The van der Waals surface area contributed by atoms with Crippen LogP contribution in [0.2, 0.25) is 0 Å². The van der Waals surface area contributed by atoms with Crippen LogP contribution in [0.3, 0.4) is 0 Å². The monoisotopic (exact) mass is 953 g/mol. The van der Waals surface area contributed by atoms with Crippen molar-refractivity contribution in [3.05, 3.63) is 71.8 Å². The molecule has 0 bridgehead atoms. The van der Waals surface area contributed by atoms with Gasteiger partial charge in [0.1, 0.15) is 17.8 Å². The minimum absolute atomic E-state index is 0. The number of benzene rings is 2. The van der Waals surface area contributed by atoms with E-state index in [1.807, 2.05) is 70.5 Å². The zero-order chi connectivity index (χ0) is 46.4. The van der Waals surface area contributed by atoms with Crippen molar-refractivity contribution in [1.29, 1.82) is 0 Å². The molecule has 17 nitrogen and oxygen atoms in total. The second-order valence-electron chi connectivity index (χ2n) is 18.8. The topological polar surface area (TPSA) is 306 Å². The molecular formula is C48H71CaN3O14. The van der Waals surface area contributed by atoms with E-state index >= 15 is 0 Å². The summed E-state index contributed by atoms with van der Waals surface area (Å²) in [5.41, 5.74) is -0.0691. The van der Waals surface area contributed by atoms with E-state index in [0.29, 0.717) is 36.5 Å². The molecule has 3 aliphatic carbocycles. The minimum Gasteiger partial charge on any atom is -0.550 e. The molecule has 66 heavy (non-hydrogen) atoms. The van der Waals surface area contributed by atoms with Gasteiger partial charge in [-0.1, -0.05) is 86.3 Å². The van der Waals surface area contributed by atoms with Gasteiger partial charge in [-0.3, -0.25) is 9.59 Å². The predicted octanol–water partition coefficient (Wildman–Crippen LogP) is -2.43. The Balaban J connectivity index is 0.000000261. The number of carbonyl (C=O) groups is 4. The Bertz CT molecular complexity index is 1650. The number of rotatable bonds is 15. The van der Waals surface area contributed by atoms with Crippen LogP contribution in [0.15, 0.2) is 60.7 Å². The Kier molecular flexibility index (Phi) is 24.4. The van der Waals surface area contributed by atoms with Gasteiger partial charge in [0, 0.05) is 68.8 Å². The number of aliphatic hydroxyl groups is 7. The Hall–Kier alpha value is -2.78. The maximum atomic E-state index is 12.5. The van der Waals surface area contributed by atoms with Gasteiger partial charge >= 0.3 is 37.7 Å². The first-order valence-electron chi connectivity index (χ1n) is 23.1. The van der Waals surface area contributed by atoms with E-state index in [2.05, 4.69) is 5.32 Å². The molecule has 0 unspecified atom stereocenters. The normalized spacial score (nSPS) is 28.7. The number of hydrogen-bond donors (Lipinski definition) is 8. The molecule has 18 heteroatoms. The van der Waals surface area contributed by atoms with E-state index in [1.165, 1.54) is 51.4 Å². The number of aliphatic carboxylic acids is 2. The predicted molar refractivity (Wildman–Crippen MR) is 240 cm³/mol. The maximum absolute atomic E-state index is 12.5. The number of aliphatic hydroxyl groups excluding tert-OH is 6. The summed E-state index contributed by atoms with van der Waals surface area (Å²) >= 11 is 0. The molecule has 11 atom stereocenters. The van der Waals surface area contributed by atoms with Crippen LogP contribution in [0.1, 0.15) is 81.8 Å². The summed E-state index contributed by atoms with van der Waals surface area (Å²) in [6, 6.07) is 17.3. The zero-order valence-electron chi connectivity index (χ0n) is 37.9. The first-order chi connectivity index (χ1) is 30.7. The van der Waals surface area contributed by atoms with Crippen LogP contribution < -0.4 is 15.5 Å². The van der Waals surface area contributed by atoms with Crippen molar-refractivity contribution in [3.8, 4) is 0 Å². The maximum Gasteiger partial charge on any atom is 2.00 e. The SMILES string of the molecule is O.O=C([O-])[C@H](CC(=O)N1C[C@H]2CCCC[C@H]2C1)Cc1ccccc1.O=C([O-])[C@H](CC(=O)N1C[C@H]2CCCC[C@H]2C1)Cc1ccccc1.OCC(CO)N[C@H]1C[C@](O)(CO)[C@@H](O)[C@H](O)[C@H]1O.[Ca+2]. The number of carbonyl (C=O) groups excluding carboxylic acids is 4. The van der Waals surface area contributed by atoms with Crippen LogP contribution in [0.4, 0.5) is 0 Å². The summed E-state index contributed by atoms with van der Waals surface area (Å²) in [5.74, 6) is -1.27. The van der Waals surface area contributed by atoms with Gasteiger partial charge in [-0.05, 0) is 79.7 Å². The largest absolute Gasteiger partial charge is 2.00 e. The first-order valence-corrected chi connectivity index (χ1v) is 23.1. The molecule has 7 rings (SSSR count). The fourth-order valence-corrected chi connectivity index (χ4v) is 10.3. The van der Waals surface area contributed by atoms with Gasteiger partial charge in [-0.2, -0.15) is 0 Å². The number of likely N-dealkylation sites (tertiary alicyclic amines) is 2. The number of carboxylic acids is 2. The molecule has 0 spiro atoms. The van der Waals surface area contributed by atoms with Crippen LogP contribution in [0.25, 0.3) is 0 Å². The fraction of sp³-hybridized carbons (Fsp3) is 0.667. The van der Waals surface area contributed by atoms with Crippen LogP contribution in [0, 0.1) is 35.5 Å². The van der Waals surface area contributed by atoms with Gasteiger partial charge in [-0.15, -0.1) is 0 Å². The third-order valence-electron chi connectivity index (χ3n) is 14.2. The van der Waals surface area contributed by atoms with E-state index in [9.17, 15) is 49.8 Å². The zero-order valence-corrected chi connectivity index (χ0v) is 40.2. The molecule has 2 aromatic carbocycles. The van der Waals surface area contributed by atoms with Crippen LogP contribution in [-0.2, 0) is 32.0 Å². The first kappa shape index (κ1) is 57.5. The summed E-state index contributed by atoms with van der Waals surface area (Å²) in [6.07, 6.45) is 5.80. The molecule has 2 aromatic rings. The number of amides is 2. The van der Waals surface area contributed by atoms with Crippen LogP contribution >= 0.6 is 0 Å². The molecule has 2 saturated heterocycles. The van der Waals surface area contributed by atoms with E-state index in [0.717, 1.165) is 37.3 Å². The molecule has 364 valence electrons. The Labute approximate surface area is 417 Å². The molecule has 2 amide bonds. The van der Waals surface area contributed by atoms with Gasteiger partial charge in [0.15, 0.2) is 0 Å². The Morgan fingerprint density at radius 2 is 1.00 bits per heavy atom. The number of carboxylic acid groups (broad SMARTS) is 2. The standard InChI is InChI=1S/2C19H25NO3.C10H21NO7.Ca.H2O/c2*21-18(20-12-15-8-4-5-9-16(15)13-20)11-17(19(22)23)10-14-6-2-1-3-7-14;12-2-5(3-13)11-6-1-10(18,4-14)9(17)8(16)7(6)15;;/h2*1-3,6-7,15-17H,4-5,8-13H2,(H,22,23);5-9,11-18H,1-4H2;;1H2/q;;;+2;/p-2/t2*15-,16+,17-;6-,7-,8+,9-,10-;;/m000../s1. The Morgan fingerprint density at radius 1 is 0.636 bits per heavy atom. The quantitative estimate of drug-likeness (QED) is 0.0862. The molecule has 10 N–H and O–H groups in total. The van der Waals surface area contributed by atoms with Crippen molar-refractivity contribution >= 4 is 61.5 Å². The summed E-state index contributed by atoms with van der Waals surface area (Å²) in [6.45, 7) is 1.69. The van der Waals surface area contributed by atoms with E-state index in [-0.39, 0.29) is 74.3 Å². The van der Waals surface area contributed by atoms with Crippen molar-refractivity contribution in [2.24, 2.45) is 35.5 Å². The number of nitrogens with zero attached hydrogens (tertiary/aromatic N) is 2. The van der Waals surface area contributed by atoms with E-state index in [1.54, 1.807) is 0 Å². The molecule has 0 aromatic heterocycles. The van der Waals surface area contributed by atoms with Crippen molar-refractivity contribution in [2.75, 3.05) is 46.0 Å². The third kappa shape index (κ3) is 16.2. The van der Waals surface area contributed by atoms with Crippen molar-refractivity contribution in [1.82, 2.24) is 15.1 Å². The average molecular weight is 954 g/mol. The van der Waals surface area contributed by atoms with Crippen LogP contribution in [-0.4, -0.2) is 195 Å². The molecule has 5 fully saturated rings. The van der Waals surface area contributed by atoms with Gasteiger partial charge in [0.2, 0.25) is 11.8 Å². The van der Waals surface area contributed by atoms with Crippen LogP contribution in [0.5, 0.6) is 0 Å². The molecule has 0 radical (unpaired) electrons. The van der Waals surface area contributed by atoms with E-state index < -0.39 is 79.6 Å². The van der Waals surface area contributed by atoms with Gasteiger partial charge in [0.25, 0.3) is 0 Å². The summed E-state index contributed by atoms with van der Waals surface area (Å²) in [5, 5.41) is 91.3. The van der Waals surface area contributed by atoms with Crippen molar-refractivity contribution in [3.63, 3.8) is 0 Å². The summed E-state index contributed by atoms with van der Waals surface area (Å²) in [7, 11) is 0. The molecule has 2 aliphatic heterocycles. The molecule has 5 aliphatic rings. The molecule has 3 saturated carbocycles. The molecular weight excluding hydrogens is 883 g/mol. The Morgan fingerprint density at radius 3 is 1.32 bits per heavy atom. The smallest absolute Gasteiger partial charge is 0.550 e. The van der Waals surface area contributed by atoms with Gasteiger partial charge in [-0.25, -0.2) is 0 Å². The molecule has 2 heterocycles. The summed E-state index contributed by atoms with van der Waals surface area (Å²) in [4.78, 5) is 51.7. The van der Waals surface area contributed by atoms with Gasteiger partial charge in [0.05, 0.1) is 32.0 Å². The third-order valence-corrected chi connectivity index (χ3v) is 14.2. The number of nitrogens with one attached hydrogen (secondary N) is 1. The summed E-state index contributed by atoms with van der Waals surface area (Å²) < 4.78 is 0. The van der Waals surface area contributed by atoms with E-state index in [4.69, 9.17) is 15.3 Å².